The molecule has 2 rings (SSSR count). The molecule has 0 spiro atoms. The molecule has 0 saturated heterocycles. The highest BCUT2D eigenvalue weighted by atomic mass is 79.9. The van der Waals surface area contributed by atoms with E-state index in [2.05, 4.69) is 20.9 Å². The summed E-state index contributed by atoms with van der Waals surface area (Å²) >= 11 is 3.00. The first-order valence-corrected chi connectivity index (χ1v) is 10.3. The second-order valence-corrected chi connectivity index (χ2v) is 8.31. The number of rotatable bonds is 7. The fraction of sp³-hybridized carbons (Fsp3) is 0.667. The lowest BCUT2D eigenvalue weighted by molar-refractivity contribution is -0.400. The first kappa shape index (κ1) is 26.7. The van der Waals surface area contributed by atoms with Crippen molar-refractivity contribution in [2.75, 3.05) is 0 Å². The summed E-state index contributed by atoms with van der Waals surface area (Å²) in [6, 6.07) is 1.37. The van der Waals surface area contributed by atoms with Gasteiger partial charge in [-0.05, 0) is 40.9 Å². The normalized spacial score (nSPS) is 18.2. The zero-order valence-electron chi connectivity index (χ0n) is 16.3. The van der Waals surface area contributed by atoms with E-state index >= 15 is 0 Å². The Morgan fingerprint density at radius 2 is 1.50 bits per heavy atom. The molecule has 1 amide bonds. The van der Waals surface area contributed by atoms with Crippen molar-refractivity contribution in [3.8, 4) is 0 Å². The molecule has 1 fully saturated rings. The first-order valence-electron chi connectivity index (χ1n) is 9.50. The molecule has 0 radical (unpaired) electrons. The van der Waals surface area contributed by atoms with Crippen LogP contribution in [0.25, 0.3) is 0 Å². The van der Waals surface area contributed by atoms with Crippen LogP contribution >= 0.6 is 15.9 Å². The minimum atomic E-state index is -7.06. The second-order valence-electron chi connectivity index (χ2n) is 7.39. The number of halogens is 10. The van der Waals surface area contributed by atoms with E-state index in [1.165, 1.54) is 11.4 Å². The largest absolute Gasteiger partial charge is 0.460 e. The lowest BCUT2D eigenvalue weighted by atomic mass is 9.99. The molecule has 0 aromatic carbocycles. The lowest BCUT2D eigenvalue weighted by Crippen LogP contribution is -2.71. The van der Waals surface area contributed by atoms with Crippen molar-refractivity contribution >= 4 is 21.8 Å². The quantitative estimate of drug-likeness (QED) is 0.264. The number of carbonyl (C=O) groups is 1. The van der Waals surface area contributed by atoms with Gasteiger partial charge in [-0.25, -0.2) is 4.98 Å². The summed E-state index contributed by atoms with van der Waals surface area (Å²) in [6.45, 7) is 0. The Morgan fingerprint density at radius 1 is 0.938 bits per heavy atom. The molecule has 1 aromatic rings. The van der Waals surface area contributed by atoms with E-state index in [4.69, 9.17) is 0 Å². The van der Waals surface area contributed by atoms with E-state index in [0.29, 0.717) is 30.2 Å². The SMILES string of the molecule is O=C(NC(NC1CCCCCC1)C(F)(F)C(F)(F)C(F)(F)C(F)(F)F)c1ccc(Br)cn1. The molecule has 1 unspecified atom stereocenters. The van der Waals surface area contributed by atoms with Crippen LogP contribution in [0, 0.1) is 0 Å². The molecule has 1 aliphatic carbocycles. The maximum absolute atomic E-state index is 14.7. The Balaban J connectivity index is 2.40. The number of hydrogen-bond donors (Lipinski definition) is 2. The summed E-state index contributed by atoms with van der Waals surface area (Å²) in [4.78, 5) is 15.9. The van der Waals surface area contributed by atoms with Gasteiger partial charge in [0.05, 0.1) is 0 Å². The van der Waals surface area contributed by atoms with Crippen molar-refractivity contribution < 1.29 is 44.3 Å². The van der Waals surface area contributed by atoms with E-state index in [9.17, 15) is 44.3 Å². The van der Waals surface area contributed by atoms with Crippen LogP contribution in [0.4, 0.5) is 39.5 Å². The third kappa shape index (κ3) is 5.49. The average Bonchev–Trinajstić information content (AvgIpc) is 2.95. The third-order valence-corrected chi connectivity index (χ3v) is 5.49. The van der Waals surface area contributed by atoms with Gasteiger partial charge in [0.2, 0.25) is 0 Å². The number of carbonyl (C=O) groups excluding carboxylic acids is 1. The van der Waals surface area contributed by atoms with Crippen molar-refractivity contribution in [2.45, 2.75) is 74.7 Å². The van der Waals surface area contributed by atoms with Crippen molar-refractivity contribution in [1.29, 1.82) is 0 Å². The molecular weight excluding hydrogens is 525 g/mol. The maximum atomic E-state index is 14.7. The topological polar surface area (TPSA) is 54.0 Å². The van der Waals surface area contributed by atoms with Gasteiger partial charge in [0.25, 0.3) is 5.91 Å². The van der Waals surface area contributed by atoms with E-state index < -0.39 is 47.8 Å². The first-order chi connectivity index (χ1) is 14.6. The van der Waals surface area contributed by atoms with Crippen LogP contribution in [0.1, 0.15) is 49.0 Å². The average molecular weight is 544 g/mol. The van der Waals surface area contributed by atoms with Gasteiger partial charge in [-0.1, -0.05) is 25.7 Å². The van der Waals surface area contributed by atoms with Gasteiger partial charge in [0, 0.05) is 16.7 Å². The smallest absolute Gasteiger partial charge is 0.330 e. The number of aromatic nitrogens is 1. The summed E-state index contributed by atoms with van der Waals surface area (Å²) in [5.74, 6) is -21.4. The van der Waals surface area contributed by atoms with Crippen molar-refractivity contribution in [3.63, 3.8) is 0 Å². The monoisotopic (exact) mass is 543 g/mol. The van der Waals surface area contributed by atoms with Crippen LogP contribution in [0.5, 0.6) is 0 Å². The maximum Gasteiger partial charge on any atom is 0.460 e. The van der Waals surface area contributed by atoms with Crippen molar-refractivity contribution in [3.05, 3.63) is 28.5 Å². The fourth-order valence-electron chi connectivity index (χ4n) is 3.20. The van der Waals surface area contributed by atoms with E-state index in [1.807, 2.05) is 5.32 Å². The zero-order chi connectivity index (χ0) is 24.4. The molecule has 1 atom stereocenters. The van der Waals surface area contributed by atoms with Crippen molar-refractivity contribution in [2.24, 2.45) is 0 Å². The Morgan fingerprint density at radius 3 is 1.97 bits per heavy atom. The van der Waals surface area contributed by atoms with E-state index in [-0.39, 0.29) is 12.8 Å². The molecule has 32 heavy (non-hydrogen) atoms. The summed E-state index contributed by atoms with van der Waals surface area (Å²) in [6.07, 6.45) is -6.35. The molecular formula is C18H19BrF9N3O. The van der Waals surface area contributed by atoms with Crippen molar-refractivity contribution in [1.82, 2.24) is 15.6 Å². The number of alkyl halides is 9. The number of nitrogens with one attached hydrogen (secondary N) is 2. The summed E-state index contributed by atoms with van der Waals surface area (Å²) < 4.78 is 122. The number of nitrogens with zero attached hydrogens (tertiary/aromatic N) is 1. The zero-order valence-corrected chi connectivity index (χ0v) is 17.9. The highest BCUT2D eigenvalue weighted by Crippen LogP contribution is 2.53. The number of hydrogen-bond acceptors (Lipinski definition) is 3. The van der Waals surface area contributed by atoms with Gasteiger partial charge in [-0.3, -0.25) is 10.1 Å². The van der Waals surface area contributed by atoms with Gasteiger partial charge in [-0.2, -0.15) is 39.5 Å². The van der Waals surface area contributed by atoms with Crippen LogP contribution < -0.4 is 10.6 Å². The minimum Gasteiger partial charge on any atom is -0.330 e. The molecule has 0 aliphatic heterocycles. The Bertz CT molecular complexity index is 779. The molecule has 1 heterocycles. The Hall–Kier alpha value is -1.57. The highest BCUT2D eigenvalue weighted by Gasteiger charge is 2.83. The summed E-state index contributed by atoms with van der Waals surface area (Å²) in [5, 5.41) is 3.41. The Labute approximate surface area is 185 Å². The molecule has 1 aromatic heterocycles. The standard InChI is InChI=1S/C18H19BrF9N3O/c19-10-7-8-12(29-9-10)13(32)31-14(30-11-5-3-1-2-4-6-11)15(20,21)16(22,23)17(24,25)18(26,27)28/h7-9,11,14,30H,1-6H2,(H,31,32). The molecule has 0 bridgehead atoms. The molecule has 2 N–H and O–H groups in total. The molecule has 4 nitrogen and oxygen atoms in total. The molecule has 14 heteroatoms. The molecule has 1 saturated carbocycles. The number of pyridine rings is 1. The minimum absolute atomic E-state index is 0.181. The van der Waals surface area contributed by atoms with Crippen LogP contribution in [0.15, 0.2) is 22.8 Å². The van der Waals surface area contributed by atoms with Gasteiger partial charge in [0.1, 0.15) is 5.69 Å². The predicted molar refractivity (Wildman–Crippen MR) is 98.7 cm³/mol. The highest BCUT2D eigenvalue weighted by molar-refractivity contribution is 9.10. The summed E-state index contributed by atoms with van der Waals surface area (Å²) in [7, 11) is 0. The predicted octanol–water partition coefficient (Wildman–Crippen LogP) is 5.68. The van der Waals surface area contributed by atoms with Crippen LogP contribution in [-0.4, -0.2) is 47.0 Å². The summed E-state index contributed by atoms with van der Waals surface area (Å²) in [5.41, 5.74) is -0.539. The third-order valence-electron chi connectivity index (χ3n) is 5.02. The van der Waals surface area contributed by atoms with Crippen LogP contribution in [0.3, 0.4) is 0 Å². The second kappa shape index (κ2) is 9.74. The van der Waals surface area contributed by atoms with Gasteiger partial charge in [-0.15, -0.1) is 0 Å². The van der Waals surface area contributed by atoms with E-state index in [0.717, 1.165) is 12.3 Å². The fourth-order valence-corrected chi connectivity index (χ4v) is 3.44. The number of amides is 1. The van der Waals surface area contributed by atoms with Gasteiger partial charge >= 0.3 is 23.9 Å². The van der Waals surface area contributed by atoms with Crippen LogP contribution in [-0.2, 0) is 0 Å². The Kier molecular flexibility index (Phi) is 8.12. The van der Waals surface area contributed by atoms with Crippen LogP contribution in [0.2, 0.25) is 0 Å². The van der Waals surface area contributed by atoms with Gasteiger partial charge in [0.15, 0.2) is 6.17 Å². The van der Waals surface area contributed by atoms with E-state index in [1.54, 1.807) is 0 Å². The lowest BCUT2D eigenvalue weighted by Gasteiger charge is -2.39. The van der Waals surface area contributed by atoms with Gasteiger partial charge < -0.3 is 5.32 Å². The molecule has 1 aliphatic rings. The molecule has 182 valence electrons.